The van der Waals surface area contributed by atoms with Crippen molar-refractivity contribution in [3.8, 4) is 10.6 Å². The summed E-state index contributed by atoms with van der Waals surface area (Å²) < 4.78 is 27.5. The van der Waals surface area contributed by atoms with E-state index in [4.69, 9.17) is 0 Å². The van der Waals surface area contributed by atoms with Gasteiger partial charge in [-0.25, -0.2) is 12.7 Å². The topological polar surface area (TPSA) is 63.2 Å². The summed E-state index contributed by atoms with van der Waals surface area (Å²) in [4.78, 5) is 0.232. The van der Waals surface area contributed by atoms with Gasteiger partial charge in [-0.15, -0.1) is 10.2 Å². The van der Waals surface area contributed by atoms with Crippen molar-refractivity contribution in [2.75, 3.05) is 11.4 Å². The number of aryl methyl sites for hydroxylation is 1. The molecule has 8 heteroatoms. The third kappa shape index (κ3) is 3.35. The lowest BCUT2D eigenvalue weighted by molar-refractivity contribution is 0.594. The number of anilines is 1. The van der Waals surface area contributed by atoms with E-state index >= 15 is 0 Å². The van der Waals surface area contributed by atoms with Crippen LogP contribution in [0.1, 0.15) is 5.56 Å². The van der Waals surface area contributed by atoms with Gasteiger partial charge in [-0.2, -0.15) is 0 Å². The molecule has 0 aliphatic heterocycles. The fourth-order valence-electron chi connectivity index (χ4n) is 2.02. The average Bonchev–Trinajstić information content (AvgIpc) is 3.05. The molecule has 3 rings (SSSR count). The summed E-state index contributed by atoms with van der Waals surface area (Å²) in [5.74, 6) is 0. The van der Waals surface area contributed by atoms with Crippen molar-refractivity contribution < 1.29 is 8.42 Å². The number of hydrogen-bond acceptors (Lipinski definition) is 5. The molecule has 124 valence electrons. The Morgan fingerprint density at radius 2 is 1.62 bits per heavy atom. The van der Waals surface area contributed by atoms with Gasteiger partial charge in [0.05, 0.1) is 4.90 Å². The van der Waals surface area contributed by atoms with Crippen LogP contribution >= 0.6 is 27.3 Å². The second kappa shape index (κ2) is 6.62. The van der Waals surface area contributed by atoms with Crippen LogP contribution in [0.2, 0.25) is 0 Å². The molecule has 0 N–H and O–H groups in total. The number of sulfonamides is 1. The van der Waals surface area contributed by atoms with Crippen molar-refractivity contribution in [2.45, 2.75) is 11.8 Å². The highest BCUT2D eigenvalue weighted by Gasteiger charge is 2.24. The van der Waals surface area contributed by atoms with Gasteiger partial charge in [0.25, 0.3) is 10.0 Å². The Bertz CT molecular complexity index is 952. The Balaban J connectivity index is 1.91. The minimum atomic E-state index is -3.65. The summed E-state index contributed by atoms with van der Waals surface area (Å²) in [6.45, 7) is 1.91. The summed E-state index contributed by atoms with van der Waals surface area (Å²) in [5, 5.41) is 9.13. The van der Waals surface area contributed by atoms with Gasteiger partial charge >= 0.3 is 0 Å². The number of nitrogens with zero attached hydrogens (tertiary/aromatic N) is 3. The maximum atomic E-state index is 12.7. The largest absolute Gasteiger partial charge is 0.265 e. The van der Waals surface area contributed by atoms with E-state index in [1.165, 1.54) is 18.4 Å². The first kappa shape index (κ1) is 17.1. The Morgan fingerprint density at radius 3 is 2.25 bits per heavy atom. The van der Waals surface area contributed by atoms with Crippen LogP contribution in [0.3, 0.4) is 0 Å². The quantitative estimate of drug-likeness (QED) is 0.633. The molecule has 0 spiro atoms. The predicted molar refractivity (Wildman–Crippen MR) is 99.8 cm³/mol. The van der Waals surface area contributed by atoms with Crippen molar-refractivity contribution in [1.29, 1.82) is 0 Å². The fourth-order valence-corrected chi connectivity index (χ4v) is 4.45. The van der Waals surface area contributed by atoms with Gasteiger partial charge in [-0.3, -0.25) is 0 Å². The fraction of sp³-hybridized carbons (Fsp3) is 0.125. The highest BCUT2D eigenvalue weighted by Crippen LogP contribution is 2.31. The third-order valence-corrected chi connectivity index (χ3v) is 6.91. The second-order valence-corrected chi connectivity index (χ2v) is 9.02. The molecule has 0 fully saturated rings. The van der Waals surface area contributed by atoms with E-state index in [0.717, 1.165) is 19.9 Å². The van der Waals surface area contributed by atoms with Crippen LogP contribution in [0.15, 0.2) is 57.9 Å². The number of rotatable bonds is 4. The van der Waals surface area contributed by atoms with Gasteiger partial charge in [0.2, 0.25) is 5.13 Å². The number of aromatic nitrogens is 2. The first-order chi connectivity index (χ1) is 11.4. The molecule has 1 aromatic heterocycles. The monoisotopic (exact) mass is 423 g/mol. The summed E-state index contributed by atoms with van der Waals surface area (Å²) in [6.07, 6.45) is 0. The van der Waals surface area contributed by atoms with Gasteiger partial charge in [0.15, 0.2) is 0 Å². The zero-order chi connectivity index (χ0) is 17.3. The molecule has 0 aliphatic rings. The van der Waals surface area contributed by atoms with Crippen LogP contribution in [0.4, 0.5) is 5.13 Å². The van der Waals surface area contributed by atoms with E-state index in [0.29, 0.717) is 10.1 Å². The standard InChI is InChI=1S/C16H14BrN3O2S2/c1-11-3-9-14(10-4-11)24(21,22)20(2)16-19-18-15(23-16)12-5-7-13(17)8-6-12/h3-10H,1-2H3. The normalized spacial score (nSPS) is 11.5. The zero-order valence-corrected chi connectivity index (χ0v) is 16.2. The minimum absolute atomic E-state index is 0.232. The lowest BCUT2D eigenvalue weighted by atomic mass is 10.2. The summed E-state index contributed by atoms with van der Waals surface area (Å²) >= 11 is 4.62. The maximum Gasteiger partial charge on any atom is 0.265 e. The molecule has 0 saturated carbocycles. The van der Waals surface area contributed by atoms with Crippen LogP contribution in [0.5, 0.6) is 0 Å². The van der Waals surface area contributed by atoms with Crippen molar-refractivity contribution in [1.82, 2.24) is 10.2 Å². The number of benzene rings is 2. The van der Waals surface area contributed by atoms with E-state index in [1.807, 2.05) is 31.2 Å². The highest BCUT2D eigenvalue weighted by atomic mass is 79.9. The minimum Gasteiger partial charge on any atom is -0.243 e. The van der Waals surface area contributed by atoms with Crippen molar-refractivity contribution in [3.05, 3.63) is 58.6 Å². The molecule has 1 heterocycles. The van der Waals surface area contributed by atoms with Gasteiger partial charge in [-0.1, -0.05) is 57.1 Å². The Morgan fingerprint density at radius 1 is 1.00 bits per heavy atom. The molecular weight excluding hydrogens is 410 g/mol. The lowest BCUT2D eigenvalue weighted by Gasteiger charge is -2.15. The van der Waals surface area contributed by atoms with Crippen LogP contribution < -0.4 is 4.31 Å². The van der Waals surface area contributed by atoms with Gasteiger partial charge < -0.3 is 0 Å². The number of hydrogen-bond donors (Lipinski definition) is 0. The van der Waals surface area contributed by atoms with Crippen molar-refractivity contribution in [2.24, 2.45) is 0 Å². The molecule has 0 unspecified atom stereocenters. The van der Waals surface area contributed by atoms with Gasteiger partial charge in [-0.05, 0) is 31.2 Å². The SMILES string of the molecule is Cc1ccc(S(=O)(=O)N(C)c2nnc(-c3ccc(Br)cc3)s2)cc1. The maximum absolute atomic E-state index is 12.7. The summed E-state index contributed by atoms with van der Waals surface area (Å²) in [7, 11) is -2.16. The molecule has 0 saturated heterocycles. The highest BCUT2D eigenvalue weighted by molar-refractivity contribution is 9.10. The van der Waals surface area contributed by atoms with E-state index in [9.17, 15) is 8.42 Å². The molecular formula is C16H14BrN3O2S2. The van der Waals surface area contributed by atoms with Crippen molar-refractivity contribution >= 4 is 42.4 Å². The number of halogens is 1. The molecule has 0 bridgehead atoms. The molecule has 3 aromatic rings. The summed E-state index contributed by atoms with van der Waals surface area (Å²) in [5.41, 5.74) is 1.90. The first-order valence-corrected chi connectivity index (χ1v) is 10.1. The Labute approximate surface area is 153 Å². The van der Waals surface area contributed by atoms with Crippen LogP contribution in [0, 0.1) is 6.92 Å². The smallest absolute Gasteiger partial charge is 0.243 e. The molecule has 0 atom stereocenters. The van der Waals surface area contributed by atoms with Crippen molar-refractivity contribution in [3.63, 3.8) is 0 Å². The van der Waals surface area contributed by atoms with Gasteiger partial charge in [0.1, 0.15) is 5.01 Å². The summed E-state index contributed by atoms with van der Waals surface area (Å²) in [6, 6.07) is 14.4. The molecule has 5 nitrogen and oxygen atoms in total. The Hall–Kier alpha value is -1.77. The molecule has 0 radical (unpaired) electrons. The van der Waals surface area contributed by atoms with Crippen LogP contribution in [-0.2, 0) is 10.0 Å². The molecule has 2 aromatic carbocycles. The molecule has 0 aliphatic carbocycles. The van der Waals surface area contributed by atoms with Gasteiger partial charge in [0, 0.05) is 17.1 Å². The van der Waals surface area contributed by atoms with E-state index in [2.05, 4.69) is 26.1 Å². The average molecular weight is 424 g/mol. The predicted octanol–water partition coefficient (Wildman–Crippen LogP) is 4.10. The Kier molecular flexibility index (Phi) is 4.71. The van der Waals surface area contributed by atoms with Crippen LogP contribution in [-0.4, -0.2) is 25.7 Å². The third-order valence-electron chi connectivity index (χ3n) is 3.45. The molecule has 24 heavy (non-hydrogen) atoms. The van der Waals surface area contributed by atoms with E-state index in [-0.39, 0.29) is 4.90 Å². The van der Waals surface area contributed by atoms with Crippen LogP contribution in [0.25, 0.3) is 10.6 Å². The lowest BCUT2D eigenvalue weighted by Crippen LogP contribution is -2.26. The van der Waals surface area contributed by atoms with E-state index < -0.39 is 10.0 Å². The second-order valence-electron chi connectivity index (χ2n) is 5.18. The van der Waals surface area contributed by atoms with E-state index in [1.54, 1.807) is 24.3 Å². The zero-order valence-electron chi connectivity index (χ0n) is 13.0. The first-order valence-electron chi connectivity index (χ1n) is 7.03. The molecule has 0 amide bonds.